The molecular weight excluding hydrogens is 260 g/mol. The van der Waals surface area contributed by atoms with Crippen molar-refractivity contribution in [3.63, 3.8) is 0 Å². The van der Waals surface area contributed by atoms with Crippen molar-refractivity contribution in [3.05, 3.63) is 48.3 Å². The van der Waals surface area contributed by atoms with E-state index in [-0.39, 0.29) is 6.10 Å². The van der Waals surface area contributed by atoms with Gasteiger partial charge in [0.15, 0.2) is 0 Å². The van der Waals surface area contributed by atoms with Crippen LogP contribution in [-0.2, 0) is 17.2 Å². The molecule has 0 saturated heterocycles. The number of benzene rings is 1. The minimum atomic E-state index is -1.16. The highest BCUT2D eigenvalue weighted by atomic mass is 32.2. The van der Waals surface area contributed by atoms with Crippen molar-refractivity contribution in [1.82, 2.24) is 4.98 Å². The van der Waals surface area contributed by atoms with E-state index in [0.29, 0.717) is 16.3 Å². The third-order valence-electron chi connectivity index (χ3n) is 3.11. The highest BCUT2D eigenvalue weighted by Crippen LogP contribution is 2.29. The predicted molar refractivity (Wildman–Crippen MR) is 74.5 cm³/mol. The average Bonchev–Trinajstić information content (AvgIpc) is 2.81. The Hall–Kier alpha value is -1.88. The summed E-state index contributed by atoms with van der Waals surface area (Å²) in [6.45, 7) is 0. The molecule has 19 heavy (non-hydrogen) atoms. The lowest BCUT2D eigenvalue weighted by molar-refractivity contribution is 0.258. The lowest BCUT2D eigenvalue weighted by Gasteiger charge is -2.11. The molecule has 5 heteroatoms. The van der Waals surface area contributed by atoms with Crippen LogP contribution < -0.4 is 10.5 Å². The van der Waals surface area contributed by atoms with Gasteiger partial charge in [0.05, 0.1) is 33.3 Å². The van der Waals surface area contributed by atoms with Crippen LogP contribution in [0, 0.1) is 0 Å². The topological polar surface area (TPSA) is 65.2 Å². The Labute approximate surface area is 114 Å². The van der Waals surface area contributed by atoms with Crippen LogP contribution in [0.2, 0.25) is 0 Å². The number of aromatic nitrogens is 1. The molecule has 0 bridgehead atoms. The number of pyridine rings is 1. The lowest BCUT2D eigenvalue weighted by atomic mass is 10.1. The maximum atomic E-state index is 12.3. The molecule has 3 rings (SSSR count). The van der Waals surface area contributed by atoms with Crippen LogP contribution in [0.3, 0.4) is 0 Å². The van der Waals surface area contributed by atoms with Gasteiger partial charge in [-0.3, -0.25) is 9.19 Å². The second kappa shape index (κ2) is 5.01. The van der Waals surface area contributed by atoms with E-state index in [1.807, 2.05) is 24.3 Å². The van der Waals surface area contributed by atoms with Crippen molar-refractivity contribution in [1.29, 1.82) is 0 Å². The number of anilines is 1. The molecule has 2 unspecified atom stereocenters. The van der Waals surface area contributed by atoms with Gasteiger partial charge < -0.3 is 10.5 Å². The standard InChI is InChI=1S/C14H14N2O2S/c15-12-8-16-6-5-14(12)19(17)9-11-7-10-3-1-2-4-13(10)18-11/h1-6,8,11H,7,9,15H2. The monoisotopic (exact) mass is 274 g/mol. The van der Waals surface area contributed by atoms with Crippen molar-refractivity contribution in [3.8, 4) is 5.75 Å². The largest absolute Gasteiger partial charge is 0.489 e. The van der Waals surface area contributed by atoms with E-state index in [2.05, 4.69) is 4.98 Å². The number of para-hydroxylation sites is 1. The van der Waals surface area contributed by atoms with Gasteiger partial charge in [-0.2, -0.15) is 0 Å². The highest BCUT2D eigenvalue weighted by molar-refractivity contribution is 7.85. The first-order valence-corrected chi connectivity index (χ1v) is 7.38. The molecule has 0 spiro atoms. The van der Waals surface area contributed by atoms with Gasteiger partial charge in [0, 0.05) is 12.6 Å². The van der Waals surface area contributed by atoms with E-state index < -0.39 is 10.8 Å². The van der Waals surface area contributed by atoms with Gasteiger partial charge in [-0.15, -0.1) is 0 Å². The minimum Gasteiger partial charge on any atom is -0.489 e. The molecular formula is C14H14N2O2S. The Morgan fingerprint density at radius 3 is 3.00 bits per heavy atom. The molecule has 98 valence electrons. The smallest absolute Gasteiger partial charge is 0.123 e. The van der Waals surface area contributed by atoms with Gasteiger partial charge in [0.2, 0.25) is 0 Å². The molecule has 0 radical (unpaired) electrons. The van der Waals surface area contributed by atoms with Crippen LogP contribution in [0.4, 0.5) is 5.69 Å². The van der Waals surface area contributed by atoms with Crippen LogP contribution in [0.5, 0.6) is 5.75 Å². The molecule has 0 fully saturated rings. The van der Waals surface area contributed by atoms with Crippen LogP contribution in [0.25, 0.3) is 0 Å². The van der Waals surface area contributed by atoms with E-state index >= 15 is 0 Å². The molecule has 2 atom stereocenters. The van der Waals surface area contributed by atoms with Gasteiger partial charge in [-0.05, 0) is 17.7 Å². The van der Waals surface area contributed by atoms with Crippen molar-refractivity contribution < 1.29 is 8.95 Å². The number of rotatable bonds is 3. The number of hydrogen-bond acceptors (Lipinski definition) is 4. The number of ether oxygens (including phenoxy) is 1. The van der Waals surface area contributed by atoms with Crippen molar-refractivity contribution in [2.75, 3.05) is 11.5 Å². The highest BCUT2D eigenvalue weighted by Gasteiger charge is 2.25. The fraction of sp³-hybridized carbons (Fsp3) is 0.214. The predicted octanol–water partition coefficient (Wildman–Crippen LogP) is 1.78. The summed E-state index contributed by atoms with van der Waals surface area (Å²) in [5.74, 6) is 1.34. The Kier molecular flexibility index (Phi) is 3.21. The molecule has 1 aliphatic rings. The second-order valence-corrected chi connectivity index (χ2v) is 5.94. The van der Waals surface area contributed by atoms with E-state index in [0.717, 1.165) is 12.2 Å². The van der Waals surface area contributed by atoms with Gasteiger partial charge >= 0.3 is 0 Å². The Balaban J connectivity index is 1.71. The third-order valence-corrected chi connectivity index (χ3v) is 4.64. The first-order valence-electron chi connectivity index (χ1n) is 6.06. The Morgan fingerprint density at radius 2 is 2.21 bits per heavy atom. The summed E-state index contributed by atoms with van der Waals surface area (Å²) >= 11 is 0. The minimum absolute atomic E-state index is 0.0502. The van der Waals surface area contributed by atoms with Crippen LogP contribution in [0.15, 0.2) is 47.6 Å². The van der Waals surface area contributed by atoms with Gasteiger partial charge in [0.25, 0.3) is 0 Å². The SMILES string of the molecule is Nc1cnccc1S(=O)CC1Cc2ccccc2O1. The zero-order chi connectivity index (χ0) is 13.2. The summed E-state index contributed by atoms with van der Waals surface area (Å²) < 4.78 is 18.1. The number of nitrogens with two attached hydrogens (primary N) is 1. The van der Waals surface area contributed by atoms with E-state index in [9.17, 15) is 4.21 Å². The molecule has 2 heterocycles. The average molecular weight is 274 g/mol. The van der Waals surface area contributed by atoms with Crippen molar-refractivity contribution in [2.45, 2.75) is 17.4 Å². The van der Waals surface area contributed by atoms with Gasteiger partial charge in [0.1, 0.15) is 11.9 Å². The molecule has 1 aliphatic heterocycles. The molecule has 0 aliphatic carbocycles. The van der Waals surface area contributed by atoms with E-state index in [1.54, 1.807) is 12.3 Å². The number of hydrogen-bond donors (Lipinski definition) is 1. The summed E-state index contributed by atoms with van der Waals surface area (Å²) in [5, 5.41) is 0. The third kappa shape index (κ3) is 2.46. The Morgan fingerprint density at radius 1 is 1.37 bits per heavy atom. The second-order valence-electron chi connectivity index (χ2n) is 4.48. The zero-order valence-corrected chi connectivity index (χ0v) is 11.1. The first kappa shape index (κ1) is 12.2. The van der Waals surface area contributed by atoms with Gasteiger partial charge in [-0.1, -0.05) is 18.2 Å². The van der Waals surface area contributed by atoms with E-state index in [1.165, 1.54) is 11.8 Å². The molecule has 0 saturated carbocycles. The molecule has 2 N–H and O–H groups in total. The summed E-state index contributed by atoms with van der Waals surface area (Å²) in [7, 11) is -1.16. The quantitative estimate of drug-likeness (QED) is 0.926. The molecule has 1 aromatic carbocycles. The summed E-state index contributed by atoms with van der Waals surface area (Å²) in [6.07, 6.45) is 3.88. The molecule has 0 amide bonds. The van der Waals surface area contributed by atoms with Crippen LogP contribution in [-0.4, -0.2) is 21.0 Å². The molecule has 1 aromatic heterocycles. The van der Waals surface area contributed by atoms with E-state index in [4.69, 9.17) is 10.5 Å². The number of fused-ring (bicyclic) bond motifs is 1. The maximum Gasteiger partial charge on any atom is 0.123 e. The van der Waals surface area contributed by atoms with Crippen LogP contribution >= 0.6 is 0 Å². The fourth-order valence-corrected chi connectivity index (χ4v) is 3.44. The summed E-state index contributed by atoms with van der Waals surface area (Å²) in [5.41, 5.74) is 7.43. The summed E-state index contributed by atoms with van der Waals surface area (Å²) in [6, 6.07) is 9.62. The van der Waals surface area contributed by atoms with Crippen molar-refractivity contribution >= 4 is 16.5 Å². The molecule has 4 nitrogen and oxygen atoms in total. The fourth-order valence-electron chi connectivity index (χ4n) is 2.21. The van der Waals surface area contributed by atoms with Crippen LogP contribution in [0.1, 0.15) is 5.56 Å². The lowest BCUT2D eigenvalue weighted by Crippen LogP contribution is -2.22. The van der Waals surface area contributed by atoms with Crippen molar-refractivity contribution in [2.24, 2.45) is 0 Å². The number of nitrogens with zero attached hydrogens (tertiary/aromatic N) is 1. The molecule has 2 aromatic rings. The van der Waals surface area contributed by atoms with Gasteiger partial charge in [-0.25, -0.2) is 0 Å². The number of nitrogen functional groups attached to an aromatic ring is 1. The zero-order valence-electron chi connectivity index (χ0n) is 10.3. The normalized spacial score (nSPS) is 18.6. The first-order chi connectivity index (χ1) is 9.24. The maximum absolute atomic E-state index is 12.3. The Bertz CT molecular complexity index is 605. The summed E-state index contributed by atoms with van der Waals surface area (Å²) in [4.78, 5) is 4.53.